The van der Waals surface area contributed by atoms with E-state index in [1.54, 1.807) is 0 Å². The van der Waals surface area contributed by atoms with Crippen molar-refractivity contribution in [2.75, 3.05) is 0 Å². The molecule has 0 heterocycles. The van der Waals surface area contributed by atoms with E-state index in [4.69, 9.17) is 27.9 Å². The van der Waals surface area contributed by atoms with E-state index in [1.165, 1.54) is 30.3 Å². The Hall–Kier alpha value is -1.72. The number of carbonyl (C=O) groups excluding carboxylic acids is 1. The van der Waals surface area contributed by atoms with Gasteiger partial charge in [0.2, 0.25) is 0 Å². The van der Waals surface area contributed by atoms with Crippen LogP contribution >= 0.6 is 23.2 Å². The second-order valence-electron chi connectivity index (χ2n) is 4.43. The van der Waals surface area contributed by atoms with Gasteiger partial charge in [0, 0.05) is 10.0 Å². The van der Waals surface area contributed by atoms with Crippen LogP contribution in [-0.2, 0) is 17.5 Å². The molecule has 0 aliphatic heterocycles. The van der Waals surface area contributed by atoms with Crippen LogP contribution in [0.2, 0.25) is 10.0 Å². The second kappa shape index (κ2) is 6.58. The highest BCUT2D eigenvalue weighted by atomic mass is 35.5. The van der Waals surface area contributed by atoms with E-state index < -0.39 is 17.7 Å². The van der Waals surface area contributed by atoms with Gasteiger partial charge < -0.3 is 4.74 Å². The number of ether oxygens (including phenoxy) is 1. The summed E-state index contributed by atoms with van der Waals surface area (Å²) in [6.07, 6.45) is -4.40. The fraction of sp³-hybridized carbons (Fsp3) is 0.133. The van der Waals surface area contributed by atoms with E-state index in [-0.39, 0.29) is 22.2 Å². The summed E-state index contributed by atoms with van der Waals surface area (Å²) in [6, 6.07) is 8.61. The molecule has 2 rings (SSSR count). The van der Waals surface area contributed by atoms with E-state index in [2.05, 4.69) is 0 Å². The molecule has 116 valence electrons. The molecule has 2 aromatic rings. The average Bonchev–Trinajstić information content (AvgIpc) is 2.43. The number of alkyl halides is 3. The third kappa shape index (κ3) is 4.39. The van der Waals surface area contributed by atoms with E-state index >= 15 is 0 Å². The van der Waals surface area contributed by atoms with Gasteiger partial charge in [0.05, 0.1) is 11.1 Å². The van der Waals surface area contributed by atoms with Crippen molar-refractivity contribution >= 4 is 29.2 Å². The van der Waals surface area contributed by atoms with Crippen molar-refractivity contribution in [3.8, 4) is 0 Å². The zero-order valence-corrected chi connectivity index (χ0v) is 12.5. The molecule has 2 nitrogen and oxygen atoms in total. The predicted octanol–water partition coefficient (Wildman–Crippen LogP) is 5.37. The van der Waals surface area contributed by atoms with Gasteiger partial charge >= 0.3 is 12.1 Å². The van der Waals surface area contributed by atoms with Gasteiger partial charge in [-0.05, 0) is 35.9 Å². The molecule has 22 heavy (non-hydrogen) atoms. The first-order valence-electron chi connectivity index (χ1n) is 6.05. The number of halogens is 5. The van der Waals surface area contributed by atoms with Crippen molar-refractivity contribution in [2.24, 2.45) is 0 Å². The van der Waals surface area contributed by atoms with Gasteiger partial charge in [-0.2, -0.15) is 13.2 Å². The molecule has 0 saturated carbocycles. The first kappa shape index (κ1) is 16.6. The number of hydrogen-bond donors (Lipinski definition) is 0. The van der Waals surface area contributed by atoms with E-state index in [9.17, 15) is 18.0 Å². The summed E-state index contributed by atoms with van der Waals surface area (Å²) in [6.45, 7) is -0.152. The smallest absolute Gasteiger partial charge is 0.416 e. The lowest BCUT2D eigenvalue weighted by molar-refractivity contribution is -0.137. The van der Waals surface area contributed by atoms with Crippen LogP contribution in [-0.4, -0.2) is 5.97 Å². The molecule has 0 aliphatic rings. The van der Waals surface area contributed by atoms with Crippen molar-refractivity contribution in [1.82, 2.24) is 0 Å². The summed E-state index contributed by atoms with van der Waals surface area (Å²) >= 11 is 11.5. The van der Waals surface area contributed by atoms with Crippen LogP contribution in [0.3, 0.4) is 0 Å². The predicted molar refractivity (Wildman–Crippen MR) is 77.0 cm³/mol. The molecular weight excluding hydrogens is 340 g/mol. The Labute approximate surface area is 134 Å². The number of esters is 1. The number of benzene rings is 2. The van der Waals surface area contributed by atoms with Crippen LogP contribution in [0.15, 0.2) is 42.5 Å². The zero-order valence-electron chi connectivity index (χ0n) is 11.0. The molecule has 0 radical (unpaired) electrons. The van der Waals surface area contributed by atoms with Gasteiger partial charge in [0.1, 0.15) is 6.61 Å². The third-order valence-electron chi connectivity index (χ3n) is 2.75. The van der Waals surface area contributed by atoms with Crippen LogP contribution in [0.25, 0.3) is 0 Å². The molecule has 0 spiro atoms. The summed E-state index contributed by atoms with van der Waals surface area (Å²) < 4.78 is 42.3. The molecule has 0 fully saturated rings. The Morgan fingerprint density at radius 1 is 1.00 bits per heavy atom. The molecule has 0 atom stereocenters. The quantitative estimate of drug-likeness (QED) is 0.697. The molecule has 0 amide bonds. The maximum Gasteiger partial charge on any atom is 0.416 e. The summed E-state index contributed by atoms with van der Waals surface area (Å²) in [5.41, 5.74) is -0.150. The van der Waals surface area contributed by atoms with Crippen molar-refractivity contribution in [3.63, 3.8) is 0 Å². The molecule has 0 saturated heterocycles. The number of rotatable bonds is 3. The number of hydrogen-bond acceptors (Lipinski definition) is 2. The highest BCUT2D eigenvalue weighted by Crippen LogP contribution is 2.29. The molecule has 0 bridgehead atoms. The van der Waals surface area contributed by atoms with Crippen LogP contribution in [0.4, 0.5) is 13.2 Å². The van der Waals surface area contributed by atoms with E-state index in [0.29, 0.717) is 5.56 Å². The van der Waals surface area contributed by atoms with Gasteiger partial charge in [-0.25, -0.2) is 4.79 Å². The Morgan fingerprint density at radius 3 is 2.05 bits per heavy atom. The summed E-state index contributed by atoms with van der Waals surface area (Å²) in [5, 5.41) is 0.572. The monoisotopic (exact) mass is 348 g/mol. The Morgan fingerprint density at radius 2 is 1.55 bits per heavy atom. The lowest BCUT2D eigenvalue weighted by atomic mass is 10.1. The molecule has 0 N–H and O–H groups in total. The lowest BCUT2D eigenvalue weighted by Crippen LogP contribution is -2.07. The van der Waals surface area contributed by atoms with Gasteiger partial charge in [0.15, 0.2) is 0 Å². The van der Waals surface area contributed by atoms with Crippen molar-refractivity contribution in [1.29, 1.82) is 0 Å². The summed E-state index contributed by atoms with van der Waals surface area (Å²) in [7, 11) is 0. The molecular formula is C15H9Cl2F3O2. The van der Waals surface area contributed by atoms with Crippen LogP contribution in [0, 0.1) is 0 Å². The van der Waals surface area contributed by atoms with Gasteiger partial charge in [0.25, 0.3) is 0 Å². The maximum absolute atomic E-state index is 12.4. The van der Waals surface area contributed by atoms with E-state index in [0.717, 1.165) is 12.1 Å². The fourth-order valence-corrected chi connectivity index (χ4v) is 2.22. The normalized spacial score (nSPS) is 11.3. The Kier molecular flexibility index (Phi) is 4.98. The fourth-order valence-electron chi connectivity index (χ4n) is 1.69. The van der Waals surface area contributed by atoms with Crippen molar-refractivity contribution in [2.45, 2.75) is 12.8 Å². The maximum atomic E-state index is 12.4. The largest absolute Gasteiger partial charge is 0.457 e. The Balaban J connectivity index is 2.02. The van der Waals surface area contributed by atoms with Gasteiger partial charge in [-0.15, -0.1) is 0 Å². The minimum absolute atomic E-state index is 0.152. The highest BCUT2D eigenvalue weighted by Gasteiger charge is 2.29. The molecule has 0 aromatic heterocycles. The topological polar surface area (TPSA) is 26.3 Å². The molecule has 0 aliphatic carbocycles. The summed E-state index contributed by atoms with van der Waals surface area (Å²) in [4.78, 5) is 11.8. The Bertz CT molecular complexity index is 662. The van der Waals surface area contributed by atoms with Crippen LogP contribution in [0.1, 0.15) is 21.5 Å². The van der Waals surface area contributed by atoms with Gasteiger partial charge in [-0.1, -0.05) is 35.3 Å². The van der Waals surface area contributed by atoms with Crippen molar-refractivity contribution in [3.05, 3.63) is 69.2 Å². The van der Waals surface area contributed by atoms with Gasteiger partial charge in [-0.3, -0.25) is 0 Å². The third-order valence-corrected chi connectivity index (χ3v) is 3.19. The highest BCUT2D eigenvalue weighted by molar-refractivity contribution is 6.35. The number of carbonyl (C=O) groups is 1. The van der Waals surface area contributed by atoms with Crippen molar-refractivity contribution < 1.29 is 22.7 Å². The zero-order chi connectivity index (χ0) is 16.3. The first-order valence-corrected chi connectivity index (χ1v) is 6.80. The van der Waals surface area contributed by atoms with E-state index in [1.807, 2.05) is 0 Å². The standard InChI is InChI=1S/C15H9Cl2F3O2/c16-12-5-10(6-13(17)7-12)14(21)22-8-9-1-3-11(4-2-9)15(18,19)20/h1-7H,8H2. The molecule has 2 aromatic carbocycles. The first-order chi connectivity index (χ1) is 10.3. The lowest BCUT2D eigenvalue weighted by Gasteiger charge is -2.08. The second-order valence-corrected chi connectivity index (χ2v) is 5.30. The van der Waals surface area contributed by atoms with Crippen LogP contribution in [0.5, 0.6) is 0 Å². The SMILES string of the molecule is O=C(OCc1ccc(C(F)(F)F)cc1)c1cc(Cl)cc(Cl)c1. The molecule has 7 heteroatoms. The molecule has 0 unspecified atom stereocenters. The minimum Gasteiger partial charge on any atom is -0.457 e. The summed E-state index contributed by atoms with van der Waals surface area (Å²) in [5.74, 6) is -0.663. The van der Waals surface area contributed by atoms with Crippen LogP contribution < -0.4 is 0 Å². The minimum atomic E-state index is -4.40. The average molecular weight is 349 g/mol.